The summed E-state index contributed by atoms with van der Waals surface area (Å²) >= 11 is 0. The molecule has 19 heavy (non-hydrogen) atoms. The van der Waals surface area contributed by atoms with Crippen LogP contribution in [-0.2, 0) is 14.3 Å². The van der Waals surface area contributed by atoms with E-state index < -0.39 is 16.9 Å². The lowest BCUT2D eigenvalue weighted by molar-refractivity contribution is -0.225. The molecular weight excluding hydrogens is 246 g/mol. The minimum atomic E-state index is -0.921. The molecule has 0 radical (unpaired) electrons. The van der Waals surface area contributed by atoms with Crippen LogP contribution in [0.4, 0.5) is 0 Å². The zero-order valence-electron chi connectivity index (χ0n) is 11.6. The van der Waals surface area contributed by atoms with Gasteiger partial charge in [0.2, 0.25) is 11.8 Å². The first-order valence-electron chi connectivity index (χ1n) is 6.79. The van der Waals surface area contributed by atoms with E-state index in [1.807, 2.05) is 13.8 Å². The van der Waals surface area contributed by atoms with Crippen molar-refractivity contribution in [1.29, 1.82) is 0 Å². The van der Waals surface area contributed by atoms with Crippen molar-refractivity contribution in [2.75, 3.05) is 13.2 Å². The van der Waals surface area contributed by atoms with Crippen LogP contribution in [-0.4, -0.2) is 36.6 Å². The Morgan fingerprint density at radius 2 is 2.11 bits per heavy atom. The van der Waals surface area contributed by atoms with Gasteiger partial charge in [0, 0.05) is 30.9 Å². The number of rotatable bonds is 4. The Kier molecular flexibility index (Phi) is 3.57. The normalized spacial score (nSPS) is 35.9. The number of carbonyl (C=O) groups excluding carboxylic acids is 2. The number of ether oxygens (including phenoxy) is 1. The van der Waals surface area contributed by atoms with E-state index in [1.165, 1.54) is 0 Å². The maximum atomic E-state index is 12.4. The van der Waals surface area contributed by atoms with Gasteiger partial charge in [-0.1, -0.05) is 13.8 Å². The van der Waals surface area contributed by atoms with Crippen LogP contribution >= 0.6 is 0 Å². The van der Waals surface area contributed by atoms with Crippen molar-refractivity contribution in [2.24, 2.45) is 22.8 Å². The second kappa shape index (κ2) is 4.76. The van der Waals surface area contributed by atoms with Gasteiger partial charge in [-0.2, -0.15) is 0 Å². The van der Waals surface area contributed by atoms with Crippen molar-refractivity contribution in [1.82, 2.24) is 5.32 Å². The van der Waals surface area contributed by atoms with Crippen LogP contribution < -0.4 is 16.8 Å². The zero-order chi connectivity index (χ0) is 14.3. The van der Waals surface area contributed by atoms with E-state index in [9.17, 15) is 9.59 Å². The van der Waals surface area contributed by atoms with Crippen molar-refractivity contribution in [3.63, 3.8) is 0 Å². The summed E-state index contributed by atoms with van der Waals surface area (Å²) in [5.41, 5.74) is 10.1. The van der Waals surface area contributed by atoms with Gasteiger partial charge in [-0.25, -0.2) is 0 Å². The number of primary amides is 1. The van der Waals surface area contributed by atoms with E-state index in [0.717, 1.165) is 19.4 Å². The summed E-state index contributed by atoms with van der Waals surface area (Å²) in [6.45, 7) is 4.91. The number of nitrogens with one attached hydrogen (secondary N) is 1. The van der Waals surface area contributed by atoms with E-state index in [2.05, 4.69) is 5.32 Å². The summed E-state index contributed by atoms with van der Waals surface area (Å²) in [5, 5.41) is 2.72. The third-order valence-corrected chi connectivity index (χ3v) is 4.72. The van der Waals surface area contributed by atoms with Crippen LogP contribution in [0.5, 0.6) is 0 Å². The topological polar surface area (TPSA) is 107 Å². The standard InChI is InChI=1S/C13H23N3O3/c1-12(2)10-8(4-3-7-19-10)13(12,15)11(18)16-6-5-9(14)17/h8,10H,3-7,15H2,1-2H3,(H2,14,17)(H,16,18). The summed E-state index contributed by atoms with van der Waals surface area (Å²) in [4.78, 5) is 23.0. The molecule has 2 amide bonds. The van der Waals surface area contributed by atoms with Crippen molar-refractivity contribution in [2.45, 2.75) is 44.8 Å². The van der Waals surface area contributed by atoms with Crippen molar-refractivity contribution in [3.05, 3.63) is 0 Å². The van der Waals surface area contributed by atoms with E-state index in [1.54, 1.807) is 0 Å². The van der Waals surface area contributed by atoms with E-state index in [-0.39, 0.29) is 30.9 Å². The summed E-state index contributed by atoms with van der Waals surface area (Å²) in [5.74, 6) is -0.576. The molecule has 2 fully saturated rings. The second-order valence-electron chi connectivity index (χ2n) is 6.10. The lowest BCUT2D eigenvalue weighted by atomic mass is 9.46. The van der Waals surface area contributed by atoms with Gasteiger partial charge in [0.1, 0.15) is 5.54 Å². The maximum Gasteiger partial charge on any atom is 0.241 e. The summed E-state index contributed by atoms with van der Waals surface area (Å²) < 4.78 is 5.75. The molecule has 0 bridgehead atoms. The molecule has 6 heteroatoms. The Morgan fingerprint density at radius 3 is 2.74 bits per heavy atom. The Morgan fingerprint density at radius 1 is 1.42 bits per heavy atom. The van der Waals surface area contributed by atoms with E-state index in [4.69, 9.17) is 16.2 Å². The molecule has 2 aliphatic rings. The first kappa shape index (κ1) is 14.3. The molecule has 3 unspecified atom stereocenters. The van der Waals surface area contributed by atoms with Crippen LogP contribution in [0.25, 0.3) is 0 Å². The average Bonchev–Trinajstić information content (AvgIpc) is 2.37. The molecule has 0 aromatic carbocycles. The monoisotopic (exact) mass is 269 g/mol. The van der Waals surface area contributed by atoms with Gasteiger partial charge in [-0.15, -0.1) is 0 Å². The first-order valence-corrected chi connectivity index (χ1v) is 6.79. The highest BCUT2D eigenvalue weighted by Crippen LogP contribution is 2.57. The lowest BCUT2D eigenvalue weighted by Gasteiger charge is -2.65. The first-order chi connectivity index (χ1) is 8.81. The Hall–Kier alpha value is -1.14. The number of carbonyl (C=O) groups is 2. The molecular formula is C13H23N3O3. The summed E-state index contributed by atoms with van der Waals surface area (Å²) in [6.07, 6.45) is 2.03. The second-order valence-corrected chi connectivity index (χ2v) is 6.10. The molecule has 1 aliphatic carbocycles. The highest BCUT2D eigenvalue weighted by Gasteiger charge is 2.70. The molecule has 6 nitrogen and oxygen atoms in total. The summed E-state index contributed by atoms with van der Waals surface area (Å²) in [6, 6.07) is 0. The third-order valence-electron chi connectivity index (χ3n) is 4.72. The van der Waals surface area contributed by atoms with Crippen LogP contribution in [0.3, 0.4) is 0 Å². The molecule has 0 aromatic heterocycles. The zero-order valence-corrected chi connectivity index (χ0v) is 11.6. The molecule has 108 valence electrons. The molecule has 1 saturated heterocycles. The molecule has 1 saturated carbocycles. The number of fused-ring (bicyclic) bond motifs is 1. The molecule has 1 aliphatic heterocycles. The average molecular weight is 269 g/mol. The maximum absolute atomic E-state index is 12.4. The van der Waals surface area contributed by atoms with Gasteiger partial charge < -0.3 is 21.5 Å². The predicted molar refractivity (Wildman–Crippen MR) is 70.0 cm³/mol. The highest BCUT2D eigenvalue weighted by molar-refractivity contribution is 5.89. The van der Waals surface area contributed by atoms with Gasteiger partial charge >= 0.3 is 0 Å². The fourth-order valence-corrected chi connectivity index (χ4v) is 3.48. The van der Waals surface area contributed by atoms with Gasteiger partial charge in [0.15, 0.2) is 0 Å². The van der Waals surface area contributed by atoms with Crippen molar-refractivity contribution in [3.8, 4) is 0 Å². The Balaban J connectivity index is 2.04. The van der Waals surface area contributed by atoms with Gasteiger partial charge in [-0.3, -0.25) is 9.59 Å². The van der Waals surface area contributed by atoms with E-state index >= 15 is 0 Å². The molecule has 1 heterocycles. The molecule has 2 rings (SSSR count). The van der Waals surface area contributed by atoms with Crippen molar-refractivity contribution >= 4 is 11.8 Å². The quantitative estimate of drug-likeness (QED) is 0.640. The third kappa shape index (κ3) is 2.03. The van der Waals surface area contributed by atoms with Gasteiger partial charge in [0.25, 0.3) is 0 Å². The number of nitrogens with two attached hydrogens (primary N) is 2. The predicted octanol–water partition coefficient (Wildman–Crippen LogP) is -0.489. The molecule has 0 aromatic rings. The summed E-state index contributed by atoms with van der Waals surface area (Å²) in [7, 11) is 0. The number of hydrogen-bond acceptors (Lipinski definition) is 4. The minimum absolute atomic E-state index is 0.0492. The molecule has 0 spiro atoms. The van der Waals surface area contributed by atoms with Crippen LogP contribution in [0.2, 0.25) is 0 Å². The van der Waals surface area contributed by atoms with Gasteiger partial charge in [0.05, 0.1) is 6.10 Å². The SMILES string of the molecule is CC1(C)C2OCCCC2C1(N)C(=O)NCCC(N)=O. The van der Waals surface area contributed by atoms with Crippen LogP contribution in [0.15, 0.2) is 0 Å². The minimum Gasteiger partial charge on any atom is -0.377 e. The Bertz CT molecular complexity index is 397. The van der Waals surface area contributed by atoms with Crippen LogP contribution in [0.1, 0.15) is 33.1 Å². The smallest absolute Gasteiger partial charge is 0.241 e. The largest absolute Gasteiger partial charge is 0.377 e. The number of amides is 2. The fraction of sp³-hybridized carbons (Fsp3) is 0.846. The van der Waals surface area contributed by atoms with Crippen LogP contribution in [0, 0.1) is 11.3 Å². The molecule has 5 N–H and O–H groups in total. The van der Waals surface area contributed by atoms with E-state index in [0.29, 0.717) is 0 Å². The molecule has 3 atom stereocenters. The fourth-order valence-electron chi connectivity index (χ4n) is 3.48. The number of hydrogen-bond donors (Lipinski definition) is 3. The Labute approximate surface area is 113 Å². The van der Waals surface area contributed by atoms with Gasteiger partial charge in [-0.05, 0) is 12.8 Å². The highest BCUT2D eigenvalue weighted by atomic mass is 16.5. The lowest BCUT2D eigenvalue weighted by Crippen LogP contribution is -2.82. The van der Waals surface area contributed by atoms with Crippen molar-refractivity contribution < 1.29 is 14.3 Å².